The van der Waals surface area contributed by atoms with Crippen LogP contribution in [0.25, 0.3) is 0 Å². The van der Waals surface area contributed by atoms with E-state index < -0.39 is 0 Å². The molecule has 0 aromatic heterocycles. The average Bonchev–Trinajstić information content (AvgIpc) is 2.75. The molecule has 5 heteroatoms. The van der Waals surface area contributed by atoms with Crippen LogP contribution in [0.15, 0.2) is 0 Å². The Morgan fingerprint density at radius 2 is 2.00 bits per heavy atom. The zero-order valence-corrected chi connectivity index (χ0v) is 14.0. The van der Waals surface area contributed by atoms with E-state index in [1.165, 1.54) is 0 Å². The first kappa shape index (κ1) is 18.4. The molecule has 0 aromatic rings. The molecule has 1 saturated heterocycles. The van der Waals surface area contributed by atoms with E-state index in [-0.39, 0.29) is 12.0 Å². The number of nitrogens with two attached hydrogens (primary N) is 1. The molecule has 1 amide bonds. The molecular weight excluding hydrogens is 266 g/mol. The quantitative estimate of drug-likeness (QED) is 0.737. The van der Waals surface area contributed by atoms with Crippen LogP contribution < -0.4 is 5.73 Å². The number of hydrogen-bond acceptors (Lipinski definition) is 4. The summed E-state index contributed by atoms with van der Waals surface area (Å²) < 4.78 is 5.21. The standard InChI is InChI=1S/C16H33N3O2/c1-4-15(8-9-17)18-10-5-11-19(13-12-18)16(20)7-6-14(2)21-3/h14-15H,4-13,17H2,1-3H3. The molecule has 1 heterocycles. The summed E-state index contributed by atoms with van der Waals surface area (Å²) in [5.74, 6) is 0.271. The summed E-state index contributed by atoms with van der Waals surface area (Å²) in [6.45, 7) is 8.76. The second kappa shape index (κ2) is 10.1. The predicted molar refractivity (Wildman–Crippen MR) is 86.2 cm³/mol. The van der Waals surface area contributed by atoms with Crippen LogP contribution in [-0.2, 0) is 9.53 Å². The van der Waals surface area contributed by atoms with Crippen molar-refractivity contribution in [2.45, 2.75) is 58.1 Å². The van der Waals surface area contributed by atoms with Crippen LogP contribution in [0.3, 0.4) is 0 Å². The van der Waals surface area contributed by atoms with Gasteiger partial charge in [-0.05, 0) is 39.2 Å². The molecule has 5 nitrogen and oxygen atoms in total. The van der Waals surface area contributed by atoms with Crippen molar-refractivity contribution >= 4 is 5.91 Å². The van der Waals surface area contributed by atoms with Crippen molar-refractivity contribution in [3.63, 3.8) is 0 Å². The molecule has 1 fully saturated rings. The van der Waals surface area contributed by atoms with Crippen LogP contribution in [0.1, 0.15) is 46.0 Å². The minimum absolute atomic E-state index is 0.159. The van der Waals surface area contributed by atoms with E-state index in [0.29, 0.717) is 12.5 Å². The van der Waals surface area contributed by atoms with Crippen LogP contribution in [0.5, 0.6) is 0 Å². The second-order valence-corrected chi connectivity index (χ2v) is 5.99. The van der Waals surface area contributed by atoms with Gasteiger partial charge in [-0.3, -0.25) is 9.69 Å². The van der Waals surface area contributed by atoms with E-state index in [1.54, 1.807) is 7.11 Å². The maximum atomic E-state index is 12.3. The topological polar surface area (TPSA) is 58.8 Å². The Balaban J connectivity index is 2.42. The fraction of sp³-hybridized carbons (Fsp3) is 0.938. The Hall–Kier alpha value is -0.650. The Labute approximate surface area is 129 Å². The first-order valence-corrected chi connectivity index (χ1v) is 8.37. The summed E-state index contributed by atoms with van der Waals surface area (Å²) in [5.41, 5.74) is 5.70. The van der Waals surface area contributed by atoms with Crippen LogP contribution >= 0.6 is 0 Å². The maximum absolute atomic E-state index is 12.3. The van der Waals surface area contributed by atoms with Gasteiger partial charge in [0.15, 0.2) is 0 Å². The molecular formula is C16H33N3O2. The summed E-state index contributed by atoms with van der Waals surface area (Å²) >= 11 is 0. The van der Waals surface area contributed by atoms with Gasteiger partial charge in [-0.1, -0.05) is 6.92 Å². The molecule has 2 N–H and O–H groups in total. The number of carbonyl (C=O) groups is 1. The van der Waals surface area contributed by atoms with Gasteiger partial charge in [-0.25, -0.2) is 0 Å². The van der Waals surface area contributed by atoms with Crippen molar-refractivity contribution in [3.8, 4) is 0 Å². The predicted octanol–water partition coefficient (Wildman–Crippen LogP) is 1.46. The number of methoxy groups -OCH3 is 1. The third-order valence-electron chi connectivity index (χ3n) is 4.54. The lowest BCUT2D eigenvalue weighted by Gasteiger charge is -2.29. The van der Waals surface area contributed by atoms with Crippen molar-refractivity contribution < 1.29 is 9.53 Å². The van der Waals surface area contributed by atoms with E-state index in [4.69, 9.17) is 10.5 Å². The molecule has 0 spiro atoms. The number of rotatable bonds is 8. The van der Waals surface area contributed by atoms with E-state index in [2.05, 4.69) is 11.8 Å². The highest BCUT2D eigenvalue weighted by atomic mass is 16.5. The van der Waals surface area contributed by atoms with E-state index in [1.807, 2.05) is 11.8 Å². The molecule has 0 bridgehead atoms. The largest absolute Gasteiger partial charge is 0.382 e. The lowest BCUT2D eigenvalue weighted by atomic mass is 10.1. The van der Waals surface area contributed by atoms with Crippen molar-refractivity contribution in [3.05, 3.63) is 0 Å². The number of carbonyl (C=O) groups excluding carboxylic acids is 1. The summed E-state index contributed by atoms with van der Waals surface area (Å²) in [6, 6.07) is 0.568. The van der Waals surface area contributed by atoms with Gasteiger partial charge < -0.3 is 15.4 Å². The van der Waals surface area contributed by atoms with E-state index >= 15 is 0 Å². The van der Waals surface area contributed by atoms with Gasteiger partial charge >= 0.3 is 0 Å². The Kier molecular flexibility index (Phi) is 8.88. The Bertz CT molecular complexity index is 299. The highest BCUT2D eigenvalue weighted by Crippen LogP contribution is 2.13. The van der Waals surface area contributed by atoms with Gasteiger partial charge in [0.1, 0.15) is 0 Å². The van der Waals surface area contributed by atoms with Crippen LogP contribution in [0.4, 0.5) is 0 Å². The molecule has 0 radical (unpaired) electrons. The molecule has 0 aliphatic carbocycles. The second-order valence-electron chi connectivity index (χ2n) is 5.99. The number of nitrogens with zero attached hydrogens (tertiary/aromatic N) is 2. The molecule has 0 saturated carbocycles. The highest BCUT2D eigenvalue weighted by molar-refractivity contribution is 5.76. The van der Waals surface area contributed by atoms with Gasteiger partial charge in [0.2, 0.25) is 5.91 Å². The summed E-state index contributed by atoms with van der Waals surface area (Å²) in [6.07, 6.45) is 4.81. The normalized spacial score (nSPS) is 20.1. The lowest BCUT2D eigenvalue weighted by Crippen LogP contribution is -2.40. The monoisotopic (exact) mass is 299 g/mol. The smallest absolute Gasteiger partial charge is 0.222 e. The summed E-state index contributed by atoms with van der Waals surface area (Å²) in [5, 5.41) is 0. The van der Waals surface area contributed by atoms with Crippen LogP contribution in [0, 0.1) is 0 Å². The zero-order valence-electron chi connectivity index (χ0n) is 14.0. The number of hydrogen-bond donors (Lipinski definition) is 1. The van der Waals surface area contributed by atoms with Gasteiger partial charge in [0.05, 0.1) is 6.10 Å². The van der Waals surface area contributed by atoms with Gasteiger partial charge in [-0.2, -0.15) is 0 Å². The minimum Gasteiger partial charge on any atom is -0.382 e. The SMILES string of the molecule is CCC(CCN)N1CCCN(C(=O)CCC(C)OC)CC1. The maximum Gasteiger partial charge on any atom is 0.222 e. The van der Waals surface area contributed by atoms with Gasteiger partial charge in [0, 0.05) is 45.8 Å². The zero-order chi connectivity index (χ0) is 15.7. The van der Waals surface area contributed by atoms with Gasteiger partial charge in [0.25, 0.3) is 0 Å². The van der Waals surface area contributed by atoms with Gasteiger partial charge in [-0.15, -0.1) is 0 Å². The average molecular weight is 299 g/mol. The Morgan fingerprint density at radius 1 is 1.24 bits per heavy atom. The third kappa shape index (κ3) is 6.32. The molecule has 1 rings (SSSR count). The number of ether oxygens (including phenoxy) is 1. The summed E-state index contributed by atoms with van der Waals surface area (Å²) in [7, 11) is 1.70. The molecule has 124 valence electrons. The fourth-order valence-electron chi connectivity index (χ4n) is 2.99. The lowest BCUT2D eigenvalue weighted by molar-refractivity contribution is -0.131. The van der Waals surface area contributed by atoms with Crippen molar-refractivity contribution in [2.75, 3.05) is 39.8 Å². The molecule has 2 atom stereocenters. The molecule has 1 aliphatic rings. The van der Waals surface area contributed by atoms with Crippen molar-refractivity contribution in [1.29, 1.82) is 0 Å². The van der Waals surface area contributed by atoms with Crippen molar-refractivity contribution in [1.82, 2.24) is 9.80 Å². The summed E-state index contributed by atoms with van der Waals surface area (Å²) in [4.78, 5) is 16.8. The first-order chi connectivity index (χ1) is 10.1. The Morgan fingerprint density at radius 3 is 2.62 bits per heavy atom. The molecule has 2 unspecified atom stereocenters. The fourth-order valence-corrected chi connectivity index (χ4v) is 2.99. The van der Waals surface area contributed by atoms with Crippen LogP contribution in [0.2, 0.25) is 0 Å². The molecule has 0 aromatic carbocycles. The minimum atomic E-state index is 0.159. The van der Waals surface area contributed by atoms with E-state index in [0.717, 1.165) is 58.4 Å². The molecule has 21 heavy (non-hydrogen) atoms. The highest BCUT2D eigenvalue weighted by Gasteiger charge is 2.22. The van der Waals surface area contributed by atoms with Crippen molar-refractivity contribution in [2.24, 2.45) is 5.73 Å². The first-order valence-electron chi connectivity index (χ1n) is 8.37. The number of amides is 1. The van der Waals surface area contributed by atoms with E-state index in [9.17, 15) is 4.79 Å². The van der Waals surface area contributed by atoms with Crippen LogP contribution in [-0.4, -0.2) is 67.7 Å². The third-order valence-corrected chi connectivity index (χ3v) is 4.54. The molecule has 1 aliphatic heterocycles.